The molecule has 14 heteroatoms. The van der Waals surface area contributed by atoms with Crippen LogP contribution < -0.4 is 9.83 Å². The van der Waals surface area contributed by atoms with Gasteiger partial charge < -0.3 is 5.11 Å². The van der Waals surface area contributed by atoms with E-state index in [9.17, 15) is 34.9 Å². The average molecular weight is 505 g/mol. The van der Waals surface area contributed by atoms with E-state index in [1.54, 1.807) is 24.3 Å². The third-order valence-electron chi connectivity index (χ3n) is 3.10. The van der Waals surface area contributed by atoms with Crippen molar-refractivity contribution in [3.05, 3.63) is 59.7 Å². The summed E-state index contributed by atoms with van der Waals surface area (Å²) in [6.07, 6.45) is -10.4. The molecule has 3 N–H and O–H groups in total. The molecule has 1 atom stereocenters. The number of alkyl halides is 6. The zero-order valence-electron chi connectivity index (χ0n) is 14.9. The SMILES string of the molecule is CC(=O)NO[As](=O)(OO)c1ccc(C(F)(F)F)cc1C(F)(F)F.Oc1ccccc1. The Morgan fingerprint density at radius 2 is 1.57 bits per heavy atom. The van der Waals surface area contributed by atoms with Crippen LogP contribution in [0.5, 0.6) is 5.75 Å². The number of nitrogens with one attached hydrogen (secondary N) is 1. The molecular formula is C16H14AsF6NO6. The van der Waals surface area contributed by atoms with E-state index in [-0.39, 0.29) is 18.2 Å². The number of benzene rings is 2. The molecule has 2 aromatic rings. The number of para-hydroxylation sites is 1. The van der Waals surface area contributed by atoms with Crippen molar-refractivity contribution in [1.29, 1.82) is 0 Å². The first-order valence-corrected chi connectivity index (χ1v) is 10.9. The van der Waals surface area contributed by atoms with E-state index >= 15 is 0 Å². The third kappa shape index (κ3) is 7.41. The summed E-state index contributed by atoms with van der Waals surface area (Å²) in [5.41, 5.74) is -2.23. The van der Waals surface area contributed by atoms with Gasteiger partial charge in [-0.2, -0.15) is 0 Å². The number of phenolic OH excluding ortho intramolecular Hbond substituents is 1. The molecule has 1 amide bonds. The van der Waals surface area contributed by atoms with Crippen LogP contribution in [-0.4, -0.2) is 30.4 Å². The second-order valence-electron chi connectivity index (χ2n) is 5.39. The van der Waals surface area contributed by atoms with E-state index < -0.39 is 47.9 Å². The molecule has 2 aromatic carbocycles. The van der Waals surface area contributed by atoms with Crippen LogP contribution in [0.25, 0.3) is 0 Å². The Morgan fingerprint density at radius 1 is 1.00 bits per heavy atom. The number of carbonyl (C=O) groups excluding carboxylic acids is 1. The molecule has 166 valence electrons. The largest absolute Gasteiger partial charge is 0.508 e. The first kappa shape index (κ1) is 25.6. The molecule has 1 unspecified atom stereocenters. The second-order valence-corrected chi connectivity index (χ2v) is 9.22. The van der Waals surface area contributed by atoms with Crippen LogP contribution in [0.1, 0.15) is 18.1 Å². The van der Waals surface area contributed by atoms with Crippen molar-refractivity contribution in [2.24, 2.45) is 0 Å². The van der Waals surface area contributed by atoms with Crippen molar-refractivity contribution in [3.63, 3.8) is 0 Å². The van der Waals surface area contributed by atoms with Gasteiger partial charge in [0, 0.05) is 0 Å². The number of amides is 1. The summed E-state index contributed by atoms with van der Waals surface area (Å²) in [7, 11) is 0. The number of hydrogen-bond donors (Lipinski definition) is 3. The van der Waals surface area contributed by atoms with E-state index in [4.69, 9.17) is 10.4 Å². The fourth-order valence-corrected chi connectivity index (χ4v) is 4.38. The minimum absolute atomic E-state index is 0.198. The van der Waals surface area contributed by atoms with Gasteiger partial charge in [-0.1, -0.05) is 18.2 Å². The molecule has 0 heterocycles. The number of hydrogen-bond acceptors (Lipinski definition) is 6. The third-order valence-corrected chi connectivity index (χ3v) is 6.30. The molecule has 0 radical (unpaired) electrons. The van der Waals surface area contributed by atoms with Gasteiger partial charge in [0.05, 0.1) is 0 Å². The van der Waals surface area contributed by atoms with Crippen LogP contribution >= 0.6 is 0 Å². The van der Waals surface area contributed by atoms with Gasteiger partial charge >= 0.3 is 126 Å². The number of carbonyl (C=O) groups is 1. The summed E-state index contributed by atoms with van der Waals surface area (Å²) in [5.74, 6) is -0.674. The number of hydroxylamine groups is 1. The van der Waals surface area contributed by atoms with Crippen LogP contribution in [0.3, 0.4) is 0 Å². The smallest absolute Gasteiger partial charge is 0.115 e. The summed E-state index contributed by atoms with van der Waals surface area (Å²) in [5, 5.41) is 17.2. The first-order chi connectivity index (χ1) is 13.7. The number of halogens is 6. The predicted molar refractivity (Wildman–Crippen MR) is 89.2 cm³/mol. The van der Waals surface area contributed by atoms with Crippen molar-refractivity contribution < 1.29 is 52.9 Å². The molecule has 0 bridgehead atoms. The Bertz CT molecular complexity index is 903. The van der Waals surface area contributed by atoms with Gasteiger partial charge in [0.1, 0.15) is 5.75 Å². The fourth-order valence-electron chi connectivity index (χ4n) is 1.84. The van der Waals surface area contributed by atoms with E-state index in [1.165, 1.54) is 5.48 Å². The maximum absolute atomic E-state index is 12.9. The van der Waals surface area contributed by atoms with Crippen molar-refractivity contribution >= 4 is 24.4 Å². The number of phenols is 1. The Labute approximate surface area is 168 Å². The van der Waals surface area contributed by atoms with Gasteiger partial charge in [0.25, 0.3) is 0 Å². The molecule has 0 spiro atoms. The van der Waals surface area contributed by atoms with Crippen LogP contribution in [0.4, 0.5) is 26.3 Å². The van der Waals surface area contributed by atoms with Gasteiger partial charge in [-0.3, -0.25) is 0 Å². The van der Waals surface area contributed by atoms with Crippen molar-refractivity contribution in [3.8, 4) is 5.75 Å². The van der Waals surface area contributed by atoms with E-state index in [0.717, 1.165) is 6.92 Å². The van der Waals surface area contributed by atoms with Crippen LogP contribution in [0, 0.1) is 0 Å². The quantitative estimate of drug-likeness (QED) is 0.255. The second kappa shape index (κ2) is 10.0. The summed E-state index contributed by atoms with van der Waals surface area (Å²) >= 11 is -5.91. The van der Waals surface area contributed by atoms with E-state index in [2.05, 4.69) is 7.70 Å². The Balaban J connectivity index is 0.000000539. The average Bonchev–Trinajstić information content (AvgIpc) is 2.65. The molecule has 0 aliphatic heterocycles. The molecule has 0 aromatic heterocycles. The summed E-state index contributed by atoms with van der Waals surface area (Å²) in [4.78, 5) is 10.6. The summed E-state index contributed by atoms with van der Waals surface area (Å²) in [6, 6.07) is 8.81. The number of aromatic hydroxyl groups is 1. The van der Waals surface area contributed by atoms with Crippen LogP contribution in [0.2, 0.25) is 0 Å². The van der Waals surface area contributed by atoms with Gasteiger partial charge in [-0.25, -0.2) is 0 Å². The van der Waals surface area contributed by atoms with Gasteiger partial charge in [-0.15, -0.1) is 0 Å². The Morgan fingerprint density at radius 3 is 1.93 bits per heavy atom. The Hall–Kier alpha value is -2.47. The maximum atomic E-state index is 12.9. The topological polar surface area (TPSA) is 105 Å². The van der Waals surface area contributed by atoms with Crippen LogP contribution in [-0.2, 0) is 28.6 Å². The summed E-state index contributed by atoms with van der Waals surface area (Å²) < 4.78 is 94.7. The first-order valence-electron chi connectivity index (χ1n) is 7.62. The monoisotopic (exact) mass is 505 g/mol. The van der Waals surface area contributed by atoms with E-state index in [0.29, 0.717) is 5.75 Å². The molecule has 30 heavy (non-hydrogen) atoms. The zero-order chi connectivity index (χ0) is 23.2. The fraction of sp³-hybridized carbons (Fsp3) is 0.188. The standard InChI is InChI=1S/C10H8AsF6NO5.C6H6O/c1-5(19)18-22-11(20,23-21)8-3-2-6(9(12,13)14)4-7(8)10(15,16)17;7-6-4-2-1-3-5-6/h2-4,21H,1H3,(H,18,19);1-5,7H. The molecule has 0 fully saturated rings. The zero-order valence-corrected chi connectivity index (χ0v) is 16.7. The van der Waals surface area contributed by atoms with Crippen molar-refractivity contribution in [2.75, 3.05) is 0 Å². The molecule has 0 saturated carbocycles. The predicted octanol–water partition coefficient (Wildman–Crippen LogP) is 3.25. The minimum atomic E-state index is -5.91. The van der Waals surface area contributed by atoms with Gasteiger partial charge in [-0.05, 0) is 12.1 Å². The van der Waals surface area contributed by atoms with Crippen LogP contribution in [0.15, 0.2) is 48.5 Å². The number of rotatable bonds is 4. The van der Waals surface area contributed by atoms with Crippen molar-refractivity contribution in [1.82, 2.24) is 5.48 Å². The van der Waals surface area contributed by atoms with Gasteiger partial charge in [0.15, 0.2) is 0 Å². The molecule has 0 aliphatic carbocycles. The maximum Gasteiger partial charge on any atom is 0.115 e. The van der Waals surface area contributed by atoms with E-state index in [1.807, 2.05) is 6.07 Å². The minimum Gasteiger partial charge on any atom is -0.508 e. The molecule has 7 nitrogen and oxygen atoms in total. The van der Waals surface area contributed by atoms with Gasteiger partial charge in [0.2, 0.25) is 0 Å². The normalized spacial score (nSPS) is 13.6. The molecular weight excluding hydrogens is 491 g/mol. The summed E-state index contributed by atoms with van der Waals surface area (Å²) in [6.45, 7) is 0.842. The molecule has 0 aliphatic rings. The Kier molecular flexibility index (Phi) is 8.54. The van der Waals surface area contributed by atoms with Crippen molar-refractivity contribution in [2.45, 2.75) is 19.3 Å². The molecule has 0 saturated heterocycles. The molecule has 2 rings (SSSR count).